The summed E-state index contributed by atoms with van der Waals surface area (Å²) in [7, 11) is 0. The zero-order valence-corrected chi connectivity index (χ0v) is 13.0. The number of aliphatic hydroxyl groups is 2. The van der Waals surface area contributed by atoms with E-state index in [-0.39, 0.29) is 12.4 Å². The van der Waals surface area contributed by atoms with Crippen molar-refractivity contribution in [2.24, 2.45) is 5.73 Å². The summed E-state index contributed by atoms with van der Waals surface area (Å²) >= 11 is 0. The van der Waals surface area contributed by atoms with Crippen LogP contribution in [0.3, 0.4) is 0 Å². The van der Waals surface area contributed by atoms with Crippen LogP contribution in [0, 0.1) is 0 Å². The SMILES string of the molecule is CCCCCCCCCCCCC(=O)C(O)[C@@H](N)CO. The molecule has 4 N–H and O–H groups in total. The third-order valence-corrected chi connectivity index (χ3v) is 3.72. The molecule has 0 saturated heterocycles. The van der Waals surface area contributed by atoms with E-state index in [2.05, 4.69) is 6.92 Å². The largest absolute Gasteiger partial charge is 0.395 e. The number of ketones is 1. The smallest absolute Gasteiger partial charge is 0.162 e. The van der Waals surface area contributed by atoms with Crippen LogP contribution in [0.4, 0.5) is 0 Å². The van der Waals surface area contributed by atoms with Crippen LogP contribution in [0.1, 0.15) is 77.6 Å². The number of Topliss-reactive ketones (excluding diaryl/α,β-unsaturated/α-hetero) is 1. The summed E-state index contributed by atoms with van der Waals surface area (Å²) in [5, 5.41) is 18.3. The zero-order chi connectivity index (χ0) is 15.2. The highest BCUT2D eigenvalue weighted by molar-refractivity contribution is 5.83. The third-order valence-electron chi connectivity index (χ3n) is 3.72. The van der Waals surface area contributed by atoms with Crippen molar-refractivity contribution in [2.45, 2.75) is 89.7 Å². The van der Waals surface area contributed by atoms with E-state index >= 15 is 0 Å². The molecule has 20 heavy (non-hydrogen) atoms. The summed E-state index contributed by atoms with van der Waals surface area (Å²) in [6, 6.07) is -0.842. The van der Waals surface area contributed by atoms with Crippen molar-refractivity contribution in [3.63, 3.8) is 0 Å². The lowest BCUT2D eigenvalue weighted by Crippen LogP contribution is -2.42. The fraction of sp³-hybridized carbons (Fsp3) is 0.938. The van der Waals surface area contributed by atoms with E-state index in [0.29, 0.717) is 6.42 Å². The molecule has 4 nitrogen and oxygen atoms in total. The van der Waals surface area contributed by atoms with Crippen molar-refractivity contribution in [1.29, 1.82) is 0 Å². The second-order valence-electron chi connectivity index (χ2n) is 5.69. The average Bonchev–Trinajstić information content (AvgIpc) is 2.47. The average molecular weight is 287 g/mol. The number of hydrogen-bond acceptors (Lipinski definition) is 4. The number of unbranched alkanes of at least 4 members (excludes halogenated alkanes) is 9. The molecule has 0 bridgehead atoms. The van der Waals surface area contributed by atoms with Crippen LogP contribution in [0.25, 0.3) is 0 Å². The first-order chi connectivity index (χ1) is 9.63. The molecule has 0 saturated carbocycles. The lowest BCUT2D eigenvalue weighted by Gasteiger charge is -2.14. The predicted molar refractivity (Wildman–Crippen MR) is 82.5 cm³/mol. The van der Waals surface area contributed by atoms with Crippen LogP contribution in [0.15, 0.2) is 0 Å². The van der Waals surface area contributed by atoms with Crippen LogP contribution in [0.2, 0.25) is 0 Å². The fourth-order valence-corrected chi connectivity index (χ4v) is 2.27. The van der Waals surface area contributed by atoms with Crippen molar-refractivity contribution in [3.05, 3.63) is 0 Å². The van der Waals surface area contributed by atoms with Gasteiger partial charge in [-0.2, -0.15) is 0 Å². The molecule has 0 aliphatic heterocycles. The van der Waals surface area contributed by atoms with Gasteiger partial charge < -0.3 is 15.9 Å². The van der Waals surface area contributed by atoms with E-state index < -0.39 is 12.1 Å². The summed E-state index contributed by atoms with van der Waals surface area (Å²) < 4.78 is 0. The highest BCUT2D eigenvalue weighted by Gasteiger charge is 2.21. The molecule has 0 fully saturated rings. The highest BCUT2D eigenvalue weighted by atomic mass is 16.3. The number of rotatable bonds is 14. The molecular weight excluding hydrogens is 254 g/mol. The Hall–Kier alpha value is -0.450. The molecule has 0 aromatic rings. The van der Waals surface area contributed by atoms with Gasteiger partial charge in [-0.05, 0) is 6.42 Å². The molecular formula is C16H33NO3. The Bertz CT molecular complexity index is 234. The van der Waals surface area contributed by atoms with E-state index in [1.165, 1.54) is 44.9 Å². The lowest BCUT2D eigenvalue weighted by molar-refractivity contribution is -0.128. The molecule has 4 heteroatoms. The molecule has 2 atom stereocenters. The molecule has 0 aromatic carbocycles. The number of hydrogen-bond donors (Lipinski definition) is 3. The van der Waals surface area contributed by atoms with Gasteiger partial charge in [0.15, 0.2) is 5.78 Å². The zero-order valence-electron chi connectivity index (χ0n) is 13.0. The van der Waals surface area contributed by atoms with Crippen LogP contribution >= 0.6 is 0 Å². The van der Waals surface area contributed by atoms with Crippen molar-refractivity contribution in [3.8, 4) is 0 Å². The van der Waals surface area contributed by atoms with Gasteiger partial charge >= 0.3 is 0 Å². The molecule has 0 aliphatic rings. The second-order valence-corrected chi connectivity index (χ2v) is 5.69. The minimum atomic E-state index is -1.21. The molecule has 0 spiro atoms. The Morgan fingerprint density at radius 1 is 0.950 bits per heavy atom. The normalized spacial score (nSPS) is 14.2. The minimum absolute atomic E-state index is 0.244. The van der Waals surface area contributed by atoms with Crippen molar-refractivity contribution in [1.82, 2.24) is 0 Å². The van der Waals surface area contributed by atoms with E-state index in [1.807, 2.05) is 0 Å². The molecule has 0 aliphatic carbocycles. The maximum absolute atomic E-state index is 11.5. The van der Waals surface area contributed by atoms with Gasteiger partial charge in [0, 0.05) is 6.42 Å². The van der Waals surface area contributed by atoms with Gasteiger partial charge in [0.2, 0.25) is 0 Å². The van der Waals surface area contributed by atoms with Crippen LogP contribution in [-0.4, -0.2) is 34.7 Å². The molecule has 1 unspecified atom stereocenters. The second kappa shape index (κ2) is 13.5. The van der Waals surface area contributed by atoms with E-state index in [0.717, 1.165) is 19.3 Å². The molecule has 0 aromatic heterocycles. The third kappa shape index (κ3) is 10.4. The monoisotopic (exact) mass is 287 g/mol. The first-order valence-corrected chi connectivity index (χ1v) is 8.20. The maximum Gasteiger partial charge on any atom is 0.162 e. The van der Waals surface area contributed by atoms with Gasteiger partial charge in [0.05, 0.1) is 12.6 Å². The summed E-state index contributed by atoms with van der Waals surface area (Å²) in [5.74, 6) is -0.244. The van der Waals surface area contributed by atoms with Gasteiger partial charge in [-0.15, -0.1) is 0 Å². The van der Waals surface area contributed by atoms with E-state index in [1.54, 1.807) is 0 Å². The molecule has 0 amide bonds. The fourth-order valence-electron chi connectivity index (χ4n) is 2.27. The van der Waals surface area contributed by atoms with Gasteiger partial charge in [-0.25, -0.2) is 0 Å². The van der Waals surface area contributed by atoms with Gasteiger partial charge in [-0.1, -0.05) is 64.7 Å². The number of nitrogens with two attached hydrogens (primary N) is 1. The number of aliphatic hydroxyl groups excluding tert-OH is 2. The highest BCUT2D eigenvalue weighted by Crippen LogP contribution is 2.12. The first kappa shape index (κ1) is 19.6. The van der Waals surface area contributed by atoms with Crippen molar-refractivity contribution < 1.29 is 15.0 Å². The van der Waals surface area contributed by atoms with Gasteiger partial charge in [0.1, 0.15) is 6.10 Å². The minimum Gasteiger partial charge on any atom is -0.395 e. The van der Waals surface area contributed by atoms with Gasteiger partial charge in [0.25, 0.3) is 0 Å². The Balaban J connectivity index is 3.33. The first-order valence-electron chi connectivity index (χ1n) is 8.20. The Morgan fingerprint density at radius 3 is 1.85 bits per heavy atom. The van der Waals surface area contributed by atoms with Crippen LogP contribution < -0.4 is 5.73 Å². The standard InChI is InChI=1S/C16H33NO3/c1-2-3-4-5-6-7-8-9-10-11-12-15(19)16(20)14(17)13-18/h14,16,18,20H,2-13,17H2,1H3/t14-,16?/m0/s1. The maximum atomic E-state index is 11.5. The number of carbonyl (C=O) groups is 1. The molecule has 0 heterocycles. The lowest BCUT2D eigenvalue weighted by atomic mass is 10.0. The summed E-state index contributed by atoms with van der Waals surface area (Å²) in [6.07, 6.45) is 11.3. The Labute approximate surface area is 123 Å². The molecule has 0 rings (SSSR count). The van der Waals surface area contributed by atoms with Crippen molar-refractivity contribution in [2.75, 3.05) is 6.61 Å². The number of carbonyl (C=O) groups excluding carboxylic acids is 1. The summed E-state index contributed by atoms with van der Waals surface area (Å²) in [4.78, 5) is 11.5. The molecule has 120 valence electrons. The predicted octanol–water partition coefficient (Wildman–Crippen LogP) is 2.55. The van der Waals surface area contributed by atoms with E-state index in [4.69, 9.17) is 10.8 Å². The Morgan fingerprint density at radius 2 is 1.40 bits per heavy atom. The quantitative estimate of drug-likeness (QED) is 0.429. The topological polar surface area (TPSA) is 83.5 Å². The summed E-state index contributed by atoms with van der Waals surface area (Å²) in [6.45, 7) is 1.87. The van der Waals surface area contributed by atoms with Crippen LogP contribution in [-0.2, 0) is 4.79 Å². The van der Waals surface area contributed by atoms with Gasteiger partial charge in [-0.3, -0.25) is 4.79 Å². The Kier molecular flexibility index (Phi) is 13.2. The summed E-state index contributed by atoms with van der Waals surface area (Å²) in [5.41, 5.74) is 5.42. The van der Waals surface area contributed by atoms with E-state index in [9.17, 15) is 9.90 Å². The van der Waals surface area contributed by atoms with Crippen molar-refractivity contribution >= 4 is 5.78 Å². The molecule has 0 radical (unpaired) electrons. The van der Waals surface area contributed by atoms with Crippen LogP contribution in [0.5, 0.6) is 0 Å².